The maximum atomic E-state index is 13.8. The van der Waals surface area contributed by atoms with Gasteiger partial charge in [0.05, 0.1) is 13.2 Å². The Labute approximate surface area is 136 Å². The van der Waals surface area contributed by atoms with Gasteiger partial charge in [-0.25, -0.2) is 4.39 Å². The van der Waals surface area contributed by atoms with Crippen molar-refractivity contribution >= 4 is 5.91 Å². The zero-order valence-electron chi connectivity index (χ0n) is 13.8. The third kappa shape index (κ3) is 3.83. The van der Waals surface area contributed by atoms with Crippen molar-refractivity contribution in [3.05, 3.63) is 29.6 Å². The van der Waals surface area contributed by atoms with E-state index in [4.69, 9.17) is 4.74 Å². The summed E-state index contributed by atoms with van der Waals surface area (Å²) in [4.78, 5) is 12.3. The molecule has 1 amide bonds. The van der Waals surface area contributed by atoms with Crippen LogP contribution in [0.1, 0.15) is 50.6 Å². The second kappa shape index (κ2) is 6.87. The first-order valence-electron chi connectivity index (χ1n) is 8.44. The van der Waals surface area contributed by atoms with Gasteiger partial charge >= 0.3 is 0 Å². The van der Waals surface area contributed by atoms with Gasteiger partial charge in [0.25, 0.3) is 0 Å². The van der Waals surface area contributed by atoms with Crippen LogP contribution < -0.4 is 15.4 Å². The lowest BCUT2D eigenvalue weighted by Gasteiger charge is -2.29. The van der Waals surface area contributed by atoms with Crippen LogP contribution in [0.25, 0.3) is 0 Å². The Bertz CT molecular complexity index is 566. The molecule has 4 nitrogen and oxygen atoms in total. The fourth-order valence-corrected chi connectivity index (χ4v) is 3.94. The molecule has 3 rings (SSSR count). The summed E-state index contributed by atoms with van der Waals surface area (Å²) < 4.78 is 18.7. The van der Waals surface area contributed by atoms with Crippen LogP contribution in [0, 0.1) is 11.7 Å². The molecule has 0 spiro atoms. The van der Waals surface area contributed by atoms with Gasteiger partial charge in [0.15, 0.2) is 11.6 Å². The van der Waals surface area contributed by atoms with Gasteiger partial charge in [-0.15, -0.1) is 0 Å². The Kier molecular flexibility index (Phi) is 4.85. The minimum Gasteiger partial charge on any atom is -0.494 e. The minimum absolute atomic E-state index is 0.0556. The third-order valence-corrected chi connectivity index (χ3v) is 5.10. The number of hydrogen-bond donors (Lipinski definition) is 2. The number of benzene rings is 1. The van der Waals surface area contributed by atoms with Crippen molar-refractivity contribution in [3.63, 3.8) is 0 Å². The molecule has 2 saturated heterocycles. The predicted molar refractivity (Wildman–Crippen MR) is 86.8 cm³/mol. The van der Waals surface area contributed by atoms with Crippen LogP contribution in [0.2, 0.25) is 0 Å². The van der Waals surface area contributed by atoms with Crippen LogP contribution in [0.5, 0.6) is 5.75 Å². The molecule has 23 heavy (non-hydrogen) atoms. The molecule has 0 aliphatic carbocycles. The van der Waals surface area contributed by atoms with E-state index in [9.17, 15) is 9.18 Å². The molecular formula is C18H25FN2O2. The van der Waals surface area contributed by atoms with Gasteiger partial charge in [-0.1, -0.05) is 6.07 Å². The minimum atomic E-state index is -0.402. The van der Waals surface area contributed by atoms with Crippen molar-refractivity contribution in [1.82, 2.24) is 10.6 Å². The van der Waals surface area contributed by atoms with E-state index in [1.165, 1.54) is 26.0 Å². The Morgan fingerprint density at radius 2 is 2.09 bits per heavy atom. The topological polar surface area (TPSA) is 50.4 Å². The van der Waals surface area contributed by atoms with Gasteiger partial charge in [-0.3, -0.25) is 4.79 Å². The number of fused-ring (bicyclic) bond motifs is 2. The van der Waals surface area contributed by atoms with Gasteiger partial charge in [-0.05, 0) is 56.2 Å². The van der Waals surface area contributed by atoms with E-state index in [0.717, 1.165) is 18.4 Å². The molecule has 5 heteroatoms. The van der Waals surface area contributed by atoms with E-state index in [-0.39, 0.29) is 17.7 Å². The molecule has 2 fully saturated rings. The van der Waals surface area contributed by atoms with E-state index in [1.807, 2.05) is 6.92 Å². The molecular weight excluding hydrogens is 295 g/mol. The Morgan fingerprint density at radius 3 is 2.70 bits per heavy atom. The van der Waals surface area contributed by atoms with Gasteiger partial charge < -0.3 is 15.4 Å². The second-order valence-corrected chi connectivity index (χ2v) is 6.86. The summed E-state index contributed by atoms with van der Waals surface area (Å²) in [5.41, 5.74) is 0.752. The largest absolute Gasteiger partial charge is 0.494 e. The zero-order chi connectivity index (χ0) is 16.4. The number of carbonyl (C=O) groups is 1. The molecule has 0 saturated carbocycles. The van der Waals surface area contributed by atoms with Crippen LogP contribution in [0.3, 0.4) is 0 Å². The van der Waals surface area contributed by atoms with E-state index < -0.39 is 5.82 Å². The summed E-state index contributed by atoms with van der Waals surface area (Å²) in [6.07, 6.45) is 5.23. The highest BCUT2D eigenvalue weighted by Gasteiger charge is 2.34. The summed E-state index contributed by atoms with van der Waals surface area (Å²) in [6, 6.07) is 5.80. The summed E-state index contributed by atoms with van der Waals surface area (Å²) in [6.45, 7) is 1.88. The van der Waals surface area contributed by atoms with Gasteiger partial charge in [0.2, 0.25) is 5.91 Å². The molecule has 0 aromatic heterocycles. The number of piperidine rings is 1. The van der Waals surface area contributed by atoms with Crippen LogP contribution in [-0.4, -0.2) is 25.1 Å². The molecule has 2 heterocycles. The highest BCUT2D eigenvalue weighted by atomic mass is 19.1. The SMILES string of the molecule is COc1ccc(C(C)NC(=O)CC2CC3CCC(C2)N3)cc1F. The van der Waals surface area contributed by atoms with Crippen molar-refractivity contribution in [1.29, 1.82) is 0 Å². The number of amides is 1. The molecule has 2 N–H and O–H groups in total. The van der Waals surface area contributed by atoms with Crippen LogP contribution in [-0.2, 0) is 4.79 Å². The molecule has 1 aromatic carbocycles. The number of halogens is 1. The Balaban J connectivity index is 1.54. The predicted octanol–water partition coefficient (Wildman–Crippen LogP) is 2.93. The van der Waals surface area contributed by atoms with Crippen molar-refractivity contribution < 1.29 is 13.9 Å². The first-order valence-corrected chi connectivity index (χ1v) is 8.44. The van der Waals surface area contributed by atoms with Crippen LogP contribution in [0.15, 0.2) is 18.2 Å². The summed E-state index contributed by atoms with van der Waals surface area (Å²) in [7, 11) is 1.44. The number of carbonyl (C=O) groups excluding carboxylic acids is 1. The fourth-order valence-electron chi connectivity index (χ4n) is 3.94. The number of hydrogen-bond acceptors (Lipinski definition) is 3. The van der Waals surface area contributed by atoms with E-state index in [2.05, 4.69) is 10.6 Å². The summed E-state index contributed by atoms with van der Waals surface area (Å²) in [5, 5.41) is 6.58. The second-order valence-electron chi connectivity index (χ2n) is 6.86. The maximum Gasteiger partial charge on any atom is 0.220 e. The maximum absolute atomic E-state index is 13.8. The summed E-state index contributed by atoms with van der Waals surface area (Å²) in [5.74, 6) is 0.340. The van der Waals surface area contributed by atoms with E-state index >= 15 is 0 Å². The lowest BCUT2D eigenvalue weighted by atomic mass is 9.89. The number of ether oxygens (including phenoxy) is 1. The van der Waals surface area contributed by atoms with Gasteiger partial charge in [-0.2, -0.15) is 0 Å². The Hall–Kier alpha value is -1.62. The number of rotatable bonds is 5. The smallest absolute Gasteiger partial charge is 0.220 e. The summed E-state index contributed by atoms with van der Waals surface area (Å²) >= 11 is 0. The molecule has 2 aliphatic rings. The number of nitrogens with one attached hydrogen (secondary N) is 2. The molecule has 2 bridgehead atoms. The highest BCUT2D eigenvalue weighted by Crippen LogP contribution is 2.32. The van der Waals surface area contributed by atoms with Crippen molar-refractivity contribution in [2.75, 3.05) is 7.11 Å². The van der Waals surface area contributed by atoms with Gasteiger partial charge in [0, 0.05) is 18.5 Å². The first-order chi connectivity index (χ1) is 11.0. The van der Waals surface area contributed by atoms with Crippen molar-refractivity contribution in [3.8, 4) is 5.75 Å². The fraction of sp³-hybridized carbons (Fsp3) is 0.611. The monoisotopic (exact) mass is 320 g/mol. The average molecular weight is 320 g/mol. The quantitative estimate of drug-likeness (QED) is 0.877. The third-order valence-electron chi connectivity index (χ3n) is 5.10. The molecule has 126 valence electrons. The van der Waals surface area contributed by atoms with Crippen molar-refractivity contribution in [2.45, 2.75) is 57.2 Å². The van der Waals surface area contributed by atoms with E-state index in [0.29, 0.717) is 24.4 Å². The zero-order valence-corrected chi connectivity index (χ0v) is 13.8. The van der Waals surface area contributed by atoms with Crippen LogP contribution in [0.4, 0.5) is 4.39 Å². The molecule has 1 aromatic rings. The van der Waals surface area contributed by atoms with Crippen molar-refractivity contribution in [2.24, 2.45) is 5.92 Å². The number of methoxy groups -OCH3 is 1. The molecule has 2 aliphatic heterocycles. The molecule has 0 radical (unpaired) electrons. The first kappa shape index (κ1) is 16.2. The lowest BCUT2D eigenvalue weighted by molar-refractivity contribution is -0.122. The standard InChI is InChI=1S/C18H25FN2O2/c1-11(13-3-6-17(23-2)16(19)10-13)20-18(22)9-12-7-14-4-5-15(8-12)21-14/h3,6,10-12,14-15,21H,4-5,7-9H2,1-2H3,(H,20,22). The molecule has 3 atom stereocenters. The normalized spacial score (nSPS) is 27.5. The molecule has 3 unspecified atom stereocenters. The highest BCUT2D eigenvalue weighted by molar-refractivity contribution is 5.76. The average Bonchev–Trinajstić information content (AvgIpc) is 2.85. The van der Waals surface area contributed by atoms with Gasteiger partial charge in [0.1, 0.15) is 0 Å². The lowest BCUT2D eigenvalue weighted by Crippen LogP contribution is -2.40. The van der Waals surface area contributed by atoms with E-state index in [1.54, 1.807) is 12.1 Å². The Morgan fingerprint density at radius 1 is 1.39 bits per heavy atom. The van der Waals surface area contributed by atoms with Crippen LogP contribution >= 0.6 is 0 Å².